The Bertz CT molecular complexity index is 467. The topological polar surface area (TPSA) is 73.9 Å². The number of carbonyl (C=O) groups excluding carboxylic acids is 1. The molecule has 0 heterocycles. The fourth-order valence-corrected chi connectivity index (χ4v) is 2.83. The zero-order chi connectivity index (χ0) is 14.3. The van der Waals surface area contributed by atoms with Crippen molar-refractivity contribution in [1.29, 1.82) is 0 Å². The van der Waals surface area contributed by atoms with Gasteiger partial charge in [0.2, 0.25) is 0 Å². The Morgan fingerprint density at radius 3 is 2.32 bits per heavy atom. The minimum absolute atomic E-state index is 0.227. The summed E-state index contributed by atoms with van der Waals surface area (Å²) in [5, 5.41) is 2.65. The highest BCUT2D eigenvalue weighted by atomic mass is 31.2. The first-order valence-electron chi connectivity index (χ1n) is 5.91. The quantitative estimate of drug-likeness (QED) is 0.613. The molecule has 0 aromatic heterocycles. The maximum absolute atomic E-state index is 12.3. The molecule has 0 spiro atoms. The van der Waals surface area contributed by atoms with E-state index < -0.39 is 13.7 Å². The van der Waals surface area contributed by atoms with Crippen LogP contribution < -0.4 is 5.09 Å². The van der Waals surface area contributed by atoms with Crippen LogP contribution in [-0.4, -0.2) is 26.3 Å². The van der Waals surface area contributed by atoms with Crippen LogP contribution in [0.2, 0.25) is 0 Å². The summed E-state index contributed by atoms with van der Waals surface area (Å²) >= 11 is 0. The third-order valence-corrected chi connectivity index (χ3v) is 3.90. The third kappa shape index (κ3) is 4.35. The molecule has 0 atom stereocenters. The van der Waals surface area contributed by atoms with E-state index >= 15 is 0 Å². The van der Waals surface area contributed by atoms with Gasteiger partial charge in [-0.3, -0.25) is 14.1 Å². The first kappa shape index (κ1) is 15.7. The number of rotatable bonds is 7. The molecular formula is C12H18NO5P. The number of nitrogens with one attached hydrogen (secondary N) is 1. The predicted molar refractivity (Wildman–Crippen MR) is 72.3 cm³/mol. The molecule has 0 aliphatic rings. The zero-order valence-corrected chi connectivity index (χ0v) is 12.1. The van der Waals surface area contributed by atoms with E-state index in [4.69, 9.17) is 9.05 Å². The minimum Gasteiger partial charge on any atom is -0.465 e. The van der Waals surface area contributed by atoms with Crippen molar-refractivity contribution in [3.05, 3.63) is 29.8 Å². The molecule has 1 aromatic carbocycles. The molecule has 7 heteroatoms. The molecular weight excluding hydrogens is 269 g/mol. The van der Waals surface area contributed by atoms with Crippen molar-refractivity contribution >= 4 is 19.4 Å². The van der Waals surface area contributed by atoms with Gasteiger partial charge in [0, 0.05) is 0 Å². The van der Waals surface area contributed by atoms with Crippen LogP contribution >= 0.6 is 7.75 Å². The van der Waals surface area contributed by atoms with Gasteiger partial charge in [-0.15, -0.1) is 0 Å². The third-order valence-electron chi connectivity index (χ3n) is 2.19. The summed E-state index contributed by atoms with van der Waals surface area (Å²) in [6.07, 6.45) is 0. The maximum Gasteiger partial charge on any atom is 0.432 e. The van der Waals surface area contributed by atoms with E-state index in [0.717, 1.165) is 0 Å². The molecule has 0 unspecified atom stereocenters. The highest BCUT2D eigenvalue weighted by Crippen LogP contribution is 2.48. The average Bonchev–Trinajstić information content (AvgIpc) is 2.39. The lowest BCUT2D eigenvalue weighted by Crippen LogP contribution is -2.10. The smallest absolute Gasteiger partial charge is 0.432 e. The van der Waals surface area contributed by atoms with Crippen molar-refractivity contribution in [2.45, 2.75) is 13.8 Å². The fourth-order valence-electron chi connectivity index (χ4n) is 1.46. The second-order valence-corrected chi connectivity index (χ2v) is 5.22. The zero-order valence-electron chi connectivity index (χ0n) is 11.2. The predicted octanol–water partition coefficient (Wildman–Crippen LogP) is 3.07. The van der Waals surface area contributed by atoms with E-state index in [-0.39, 0.29) is 18.8 Å². The molecule has 19 heavy (non-hydrogen) atoms. The highest BCUT2D eigenvalue weighted by molar-refractivity contribution is 7.55. The largest absolute Gasteiger partial charge is 0.465 e. The van der Waals surface area contributed by atoms with Crippen molar-refractivity contribution in [3.8, 4) is 0 Å². The summed E-state index contributed by atoms with van der Waals surface area (Å²) in [5.41, 5.74) is 0.615. The second kappa shape index (κ2) is 7.28. The number of esters is 1. The summed E-state index contributed by atoms with van der Waals surface area (Å²) in [5.74, 6) is -0.525. The minimum atomic E-state index is -3.48. The van der Waals surface area contributed by atoms with Crippen LogP contribution in [-0.2, 0) is 18.3 Å². The molecule has 0 aliphatic carbocycles. The Morgan fingerprint density at radius 1 is 1.21 bits per heavy atom. The lowest BCUT2D eigenvalue weighted by molar-refractivity contribution is 0.0602. The number of hydrogen-bond donors (Lipinski definition) is 1. The number of methoxy groups -OCH3 is 1. The fraction of sp³-hybridized carbons (Fsp3) is 0.417. The van der Waals surface area contributed by atoms with Crippen LogP contribution in [0.4, 0.5) is 5.69 Å². The van der Waals surface area contributed by atoms with Crippen molar-refractivity contribution in [1.82, 2.24) is 0 Å². The summed E-state index contributed by atoms with van der Waals surface area (Å²) in [6, 6.07) is 6.56. The van der Waals surface area contributed by atoms with E-state index in [0.29, 0.717) is 5.69 Å². The first-order valence-corrected chi connectivity index (χ1v) is 7.45. The van der Waals surface area contributed by atoms with Crippen LogP contribution in [0.1, 0.15) is 24.2 Å². The van der Waals surface area contributed by atoms with Gasteiger partial charge in [0.25, 0.3) is 0 Å². The Balaban J connectivity index is 3.03. The van der Waals surface area contributed by atoms with Crippen LogP contribution in [0.25, 0.3) is 0 Å². The molecule has 1 rings (SSSR count). The highest BCUT2D eigenvalue weighted by Gasteiger charge is 2.25. The normalized spacial score (nSPS) is 11.1. The summed E-state index contributed by atoms with van der Waals surface area (Å²) in [4.78, 5) is 11.6. The Kier molecular flexibility index (Phi) is 6.02. The molecule has 0 saturated carbocycles. The molecule has 0 saturated heterocycles. The summed E-state index contributed by atoms with van der Waals surface area (Å²) < 4.78 is 27.2. The lowest BCUT2D eigenvalue weighted by atomic mass is 10.2. The van der Waals surface area contributed by atoms with Crippen LogP contribution in [0, 0.1) is 0 Å². The number of para-hydroxylation sites is 1. The van der Waals surface area contributed by atoms with Gasteiger partial charge in [-0.25, -0.2) is 9.36 Å². The SMILES string of the molecule is CCOP(=O)(Nc1ccccc1C(=O)OC)OCC. The van der Waals surface area contributed by atoms with E-state index in [1.54, 1.807) is 38.1 Å². The molecule has 1 N–H and O–H groups in total. The van der Waals surface area contributed by atoms with Gasteiger partial charge in [-0.2, -0.15) is 0 Å². The van der Waals surface area contributed by atoms with Crippen molar-refractivity contribution in [3.63, 3.8) is 0 Å². The van der Waals surface area contributed by atoms with Gasteiger partial charge in [-0.05, 0) is 26.0 Å². The van der Waals surface area contributed by atoms with E-state index in [2.05, 4.69) is 9.82 Å². The lowest BCUT2D eigenvalue weighted by Gasteiger charge is -2.19. The molecule has 106 valence electrons. The van der Waals surface area contributed by atoms with Gasteiger partial charge in [-0.1, -0.05) is 12.1 Å². The Morgan fingerprint density at radius 2 is 1.79 bits per heavy atom. The number of anilines is 1. The van der Waals surface area contributed by atoms with Gasteiger partial charge in [0.05, 0.1) is 31.6 Å². The van der Waals surface area contributed by atoms with Gasteiger partial charge < -0.3 is 4.74 Å². The Hall–Kier alpha value is -1.36. The average molecular weight is 287 g/mol. The molecule has 0 aliphatic heterocycles. The molecule has 0 radical (unpaired) electrons. The first-order chi connectivity index (χ1) is 9.06. The van der Waals surface area contributed by atoms with Crippen LogP contribution in [0.3, 0.4) is 0 Å². The summed E-state index contributed by atoms with van der Waals surface area (Å²) in [7, 11) is -2.19. The molecule has 0 bridgehead atoms. The van der Waals surface area contributed by atoms with Gasteiger partial charge in [0.15, 0.2) is 0 Å². The van der Waals surface area contributed by atoms with Crippen LogP contribution in [0.15, 0.2) is 24.3 Å². The van der Waals surface area contributed by atoms with Gasteiger partial charge >= 0.3 is 13.7 Å². The van der Waals surface area contributed by atoms with E-state index in [1.165, 1.54) is 7.11 Å². The van der Waals surface area contributed by atoms with E-state index in [1.807, 2.05) is 0 Å². The summed E-state index contributed by atoms with van der Waals surface area (Å²) in [6.45, 7) is 3.87. The van der Waals surface area contributed by atoms with Crippen molar-refractivity contribution < 1.29 is 23.1 Å². The number of ether oxygens (including phenoxy) is 1. The Labute approximate surface area is 112 Å². The van der Waals surface area contributed by atoms with Crippen molar-refractivity contribution in [2.75, 3.05) is 25.4 Å². The number of carbonyl (C=O) groups is 1. The molecule has 0 amide bonds. The van der Waals surface area contributed by atoms with Crippen molar-refractivity contribution in [2.24, 2.45) is 0 Å². The maximum atomic E-state index is 12.3. The molecule has 0 fully saturated rings. The van der Waals surface area contributed by atoms with Gasteiger partial charge in [0.1, 0.15) is 0 Å². The second-order valence-electron chi connectivity index (χ2n) is 3.48. The number of benzene rings is 1. The standard InChI is InChI=1S/C12H18NO5P/c1-4-17-19(15,18-5-2)13-11-9-7-6-8-10(11)12(14)16-3/h6-9H,4-5H2,1-3H3,(H,13,15). The number of hydrogen-bond acceptors (Lipinski definition) is 5. The van der Waals surface area contributed by atoms with Crippen LogP contribution in [0.5, 0.6) is 0 Å². The monoisotopic (exact) mass is 287 g/mol. The van der Waals surface area contributed by atoms with E-state index in [9.17, 15) is 9.36 Å². The molecule has 6 nitrogen and oxygen atoms in total. The molecule has 1 aromatic rings.